The molecule has 0 fully saturated rings. The van der Waals surface area contributed by atoms with Crippen LogP contribution in [0.2, 0.25) is 0 Å². The number of esters is 2. The van der Waals surface area contributed by atoms with E-state index in [0.29, 0.717) is 30.6 Å². The molecule has 37 heavy (non-hydrogen) atoms. The topological polar surface area (TPSA) is 61.8 Å². The SMILES string of the molecule is C=C(C)C(=O)OCC(CCCCCCOc1ccc(/C=C/C(=O)OC)cc1)C(CC)CCCCCCC. The monoisotopic (exact) mass is 514 g/mol. The third-order valence-electron chi connectivity index (χ3n) is 6.88. The van der Waals surface area contributed by atoms with Gasteiger partial charge in [-0.1, -0.05) is 96.8 Å². The molecule has 0 heterocycles. The molecule has 1 aromatic carbocycles. The molecule has 5 nitrogen and oxygen atoms in total. The third-order valence-corrected chi connectivity index (χ3v) is 6.88. The minimum Gasteiger partial charge on any atom is -0.494 e. The Labute approximate surface area is 225 Å². The van der Waals surface area contributed by atoms with Crippen molar-refractivity contribution in [2.24, 2.45) is 11.8 Å². The Balaban J connectivity index is 2.38. The van der Waals surface area contributed by atoms with Crippen molar-refractivity contribution in [1.29, 1.82) is 0 Å². The first-order valence-electron chi connectivity index (χ1n) is 14.2. The molecule has 0 saturated carbocycles. The number of carbonyl (C=O) groups is 2. The van der Waals surface area contributed by atoms with Crippen LogP contribution in [0, 0.1) is 11.8 Å². The van der Waals surface area contributed by atoms with E-state index in [1.165, 1.54) is 51.7 Å². The van der Waals surface area contributed by atoms with E-state index in [4.69, 9.17) is 9.47 Å². The van der Waals surface area contributed by atoms with Crippen molar-refractivity contribution in [3.8, 4) is 5.75 Å². The van der Waals surface area contributed by atoms with Crippen LogP contribution in [0.1, 0.15) is 103 Å². The maximum Gasteiger partial charge on any atom is 0.333 e. The van der Waals surface area contributed by atoms with E-state index in [9.17, 15) is 9.59 Å². The summed E-state index contributed by atoms with van der Waals surface area (Å²) >= 11 is 0. The molecule has 0 aromatic heterocycles. The fourth-order valence-electron chi connectivity index (χ4n) is 4.50. The molecule has 0 aliphatic heterocycles. The van der Waals surface area contributed by atoms with Crippen LogP contribution in [0.5, 0.6) is 5.75 Å². The quantitative estimate of drug-likeness (QED) is 0.0937. The minimum atomic E-state index is -0.368. The second-order valence-corrected chi connectivity index (χ2v) is 9.99. The molecule has 0 saturated heterocycles. The van der Waals surface area contributed by atoms with Crippen molar-refractivity contribution in [2.45, 2.75) is 97.8 Å². The van der Waals surface area contributed by atoms with Gasteiger partial charge in [0.05, 0.1) is 20.3 Å². The van der Waals surface area contributed by atoms with Gasteiger partial charge in [0.25, 0.3) is 0 Å². The molecule has 2 atom stereocenters. The van der Waals surface area contributed by atoms with Crippen molar-refractivity contribution in [3.63, 3.8) is 0 Å². The van der Waals surface area contributed by atoms with E-state index in [-0.39, 0.29) is 11.9 Å². The molecule has 5 heteroatoms. The van der Waals surface area contributed by atoms with Gasteiger partial charge in [0, 0.05) is 11.6 Å². The van der Waals surface area contributed by atoms with E-state index in [0.717, 1.165) is 49.8 Å². The van der Waals surface area contributed by atoms with Crippen LogP contribution in [0.15, 0.2) is 42.5 Å². The maximum atomic E-state index is 12.0. The lowest BCUT2D eigenvalue weighted by molar-refractivity contribution is -0.141. The van der Waals surface area contributed by atoms with Crippen molar-refractivity contribution >= 4 is 18.0 Å². The lowest BCUT2D eigenvalue weighted by atomic mass is 9.82. The molecule has 0 N–H and O–H groups in total. The van der Waals surface area contributed by atoms with Crippen LogP contribution in [0.3, 0.4) is 0 Å². The normalized spacial score (nSPS) is 12.8. The molecule has 0 aliphatic carbocycles. The summed E-state index contributed by atoms with van der Waals surface area (Å²) in [5.41, 5.74) is 1.39. The zero-order valence-corrected chi connectivity index (χ0v) is 23.8. The lowest BCUT2D eigenvalue weighted by Crippen LogP contribution is -2.22. The average molecular weight is 515 g/mol. The summed E-state index contributed by atoms with van der Waals surface area (Å²) in [6.45, 7) is 11.1. The standard InChI is InChI=1S/C32H50O5/c1-6-8-9-10-13-16-28(7-2)29(25-37-32(34)26(3)4)17-14-11-12-15-24-36-30-21-18-27(19-22-30)20-23-31(33)35-5/h18-23,28-29H,3,6-17,24-25H2,1-2,4-5H3/b23-20+. The smallest absolute Gasteiger partial charge is 0.333 e. The van der Waals surface area contributed by atoms with Crippen LogP contribution in [-0.2, 0) is 19.1 Å². The van der Waals surface area contributed by atoms with Gasteiger partial charge in [0.2, 0.25) is 0 Å². The number of ether oxygens (including phenoxy) is 3. The Hall–Kier alpha value is -2.56. The van der Waals surface area contributed by atoms with Crippen LogP contribution < -0.4 is 4.74 Å². The summed E-state index contributed by atoms with van der Waals surface area (Å²) in [4.78, 5) is 23.2. The molecule has 1 aromatic rings. The molecule has 0 aliphatic rings. The van der Waals surface area contributed by atoms with E-state index >= 15 is 0 Å². The predicted molar refractivity (Wildman–Crippen MR) is 152 cm³/mol. The molecule has 0 amide bonds. The van der Waals surface area contributed by atoms with Gasteiger partial charge in [-0.2, -0.15) is 0 Å². The number of methoxy groups -OCH3 is 1. The summed E-state index contributed by atoms with van der Waals surface area (Å²) < 4.78 is 16.1. The number of rotatable bonds is 21. The number of hydrogen-bond acceptors (Lipinski definition) is 5. The van der Waals surface area contributed by atoms with Gasteiger partial charge in [-0.25, -0.2) is 9.59 Å². The second-order valence-electron chi connectivity index (χ2n) is 9.99. The zero-order chi connectivity index (χ0) is 27.3. The number of carbonyl (C=O) groups excluding carboxylic acids is 2. The van der Waals surface area contributed by atoms with Gasteiger partial charge < -0.3 is 14.2 Å². The van der Waals surface area contributed by atoms with Gasteiger partial charge in [-0.15, -0.1) is 0 Å². The number of benzene rings is 1. The number of hydrogen-bond donors (Lipinski definition) is 0. The highest BCUT2D eigenvalue weighted by Gasteiger charge is 2.21. The molecule has 208 valence electrons. The summed E-state index contributed by atoms with van der Waals surface area (Å²) in [5.74, 6) is 1.22. The van der Waals surface area contributed by atoms with Gasteiger partial charge in [-0.05, 0) is 55.4 Å². The van der Waals surface area contributed by atoms with E-state index < -0.39 is 0 Å². The van der Waals surface area contributed by atoms with Crippen LogP contribution >= 0.6 is 0 Å². The van der Waals surface area contributed by atoms with Gasteiger partial charge in [-0.3, -0.25) is 0 Å². The van der Waals surface area contributed by atoms with Crippen molar-refractivity contribution < 1.29 is 23.8 Å². The zero-order valence-electron chi connectivity index (χ0n) is 23.8. The molecule has 0 spiro atoms. The summed E-state index contributed by atoms with van der Waals surface area (Å²) in [6, 6.07) is 7.68. The van der Waals surface area contributed by atoms with Crippen LogP contribution in [0.25, 0.3) is 6.08 Å². The highest BCUT2D eigenvalue weighted by molar-refractivity contribution is 5.87. The van der Waals surface area contributed by atoms with Gasteiger partial charge >= 0.3 is 11.9 Å². The highest BCUT2D eigenvalue weighted by atomic mass is 16.5. The number of unbranched alkanes of at least 4 members (excludes halogenated alkanes) is 7. The molecular formula is C32H50O5. The fourth-order valence-corrected chi connectivity index (χ4v) is 4.50. The van der Waals surface area contributed by atoms with Gasteiger partial charge in [0.1, 0.15) is 5.75 Å². The first-order valence-corrected chi connectivity index (χ1v) is 14.2. The Bertz CT molecular complexity index is 796. The Morgan fingerprint density at radius 2 is 1.51 bits per heavy atom. The van der Waals surface area contributed by atoms with E-state index in [2.05, 4.69) is 25.2 Å². The fraction of sp³-hybridized carbons (Fsp3) is 0.625. The summed E-state index contributed by atoms with van der Waals surface area (Å²) in [5, 5.41) is 0. The van der Waals surface area contributed by atoms with Crippen molar-refractivity contribution in [2.75, 3.05) is 20.3 Å². The van der Waals surface area contributed by atoms with Crippen molar-refractivity contribution in [1.82, 2.24) is 0 Å². The molecule has 2 unspecified atom stereocenters. The van der Waals surface area contributed by atoms with E-state index in [1.54, 1.807) is 13.0 Å². The highest BCUT2D eigenvalue weighted by Crippen LogP contribution is 2.28. The lowest BCUT2D eigenvalue weighted by Gasteiger charge is -2.26. The van der Waals surface area contributed by atoms with Crippen molar-refractivity contribution in [3.05, 3.63) is 48.1 Å². The Morgan fingerprint density at radius 3 is 2.11 bits per heavy atom. The third kappa shape index (κ3) is 15.3. The Morgan fingerprint density at radius 1 is 0.892 bits per heavy atom. The molecular weight excluding hydrogens is 464 g/mol. The summed E-state index contributed by atoms with van der Waals surface area (Å²) in [7, 11) is 1.36. The average Bonchev–Trinajstić information content (AvgIpc) is 2.91. The second kappa shape index (κ2) is 20.5. The molecule has 0 radical (unpaired) electrons. The first kappa shape index (κ1) is 32.5. The van der Waals surface area contributed by atoms with Gasteiger partial charge in [0.15, 0.2) is 0 Å². The predicted octanol–water partition coefficient (Wildman–Crippen LogP) is 8.32. The molecule has 1 rings (SSSR count). The van der Waals surface area contributed by atoms with Crippen LogP contribution in [0.4, 0.5) is 0 Å². The van der Waals surface area contributed by atoms with E-state index in [1.807, 2.05) is 24.3 Å². The summed E-state index contributed by atoms with van der Waals surface area (Å²) in [6.07, 6.45) is 17.5. The first-order chi connectivity index (χ1) is 17.9. The maximum absolute atomic E-state index is 12.0. The van der Waals surface area contributed by atoms with Crippen LogP contribution in [-0.4, -0.2) is 32.3 Å². The minimum absolute atomic E-state index is 0.271. The molecule has 0 bridgehead atoms. The largest absolute Gasteiger partial charge is 0.494 e. The Kier molecular flexibility index (Phi) is 18.0.